The Hall–Kier alpha value is -0.500. The van der Waals surface area contributed by atoms with Crippen molar-refractivity contribution in [2.24, 2.45) is 0 Å². The highest BCUT2D eigenvalue weighted by atomic mass is 31.2. The first-order valence-corrected chi connectivity index (χ1v) is 26.3. The SMILES string of the molecule is CCCCCCCCCCCCCCCCCCCCCCCCCCCCC(=O)NC(COP(=O)([O-])OCC[N+](C)(C)C)C(O)CCCCCCCCCCC. The number of nitrogens with one attached hydrogen (secondary N) is 1. The summed E-state index contributed by atoms with van der Waals surface area (Å²) >= 11 is 0. The van der Waals surface area contributed by atoms with Crippen molar-refractivity contribution in [1.29, 1.82) is 0 Å². The average molecular weight is 831 g/mol. The van der Waals surface area contributed by atoms with Gasteiger partial charge in [0.2, 0.25) is 5.91 Å². The van der Waals surface area contributed by atoms with E-state index in [1.165, 1.54) is 186 Å². The van der Waals surface area contributed by atoms with Crippen LogP contribution in [0.5, 0.6) is 0 Å². The van der Waals surface area contributed by atoms with Crippen LogP contribution < -0.4 is 10.2 Å². The lowest BCUT2D eigenvalue weighted by atomic mass is 10.0. The van der Waals surface area contributed by atoms with Crippen molar-refractivity contribution in [3.05, 3.63) is 0 Å². The van der Waals surface area contributed by atoms with Crippen LogP contribution in [0.2, 0.25) is 0 Å². The molecule has 9 heteroatoms. The van der Waals surface area contributed by atoms with Crippen molar-refractivity contribution < 1.29 is 32.9 Å². The Labute approximate surface area is 355 Å². The molecule has 0 bridgehead atoms. The quantitative estimate of drug-likeness (QED) is 0.0359. The summed E-state index contributed by atoms with van der Waals surface area (Å²) in [6.07, 6.45) is 45.7. The molecule has 0 aliphatic heterocycles. The maximum absolute atomic E-state index is 12.9. The molecule has 3 atom stereocenters. The van der Waals surface area contributed by atoms with Crippen molar-refractivity contribution in [1.82, 2.24) is 5.32 Å². The number of phosphoric ester groups is 1. The number of carbonyl (C=O) groups is 1. The third-order valence-electron chi connectivity index (χ3n) is 11.6. The number of rotatable bonds is 46. The lowest BCUT2D eigenvalue weighted by Gasteiger charge is -2.30. The molecule has 0 spiro atoms. The van der Waals surface area contributed by atoms with Gasteiger partial charge in [-0.3, -0.25) is 9.36 Å². The van der Waals surface area contributed by atoms with Crippen LogP contribution >= 0.6 is 7.82 Å². The monoisotopic (exact) mass is 831 g/mol. The number of nitrogens with zero attached hydrogens (tertiary/aromatic N) is 1. The van der Waals surface area contributed by atoms with Crippen LogP contribution in [-0.2, 0) is 18.4 Å². The summed E-state index contributed by atoms with van der Waals surface area (Å²) in [5.41, 5.74) is 0. The number of unbranched alkanes of at least 4 members (excludes halogenated alkanes) is 33. The molecule has 0 radical (unpaired) electrons. The number of aliphatic hydroxyl groups excluding tert-OH is 1. The molecule has 0 aromatic heterocycles. The van der Waals surface area contributed by atoms with Gasteiger partial charge in [0, 0.05) is 6.42 Å². The first kappa shape index (κ1) is 56.5. The fourth-order valence-electron chi connectivity index (χ4n) is 7.63. The normalized spacial score (nSPS) is 14.2. The van der Waals surface area contributed by atoms with Crippen molar-refractivity contribution in [2.45, 2.75) is 264 Å². The molecule has 0 aromatic carbocycles. The van der Waals surface area contributed by atoms with E-state index in [0.717, 1.165) is 38.5 Å². The molecule has 8 nitrogen and oxygen atoms in total. The number of phosphoric acid groups is 1. The van der Waals surface area contributed by atoms with E-state index in [-0.39, 0.29) is 19.1 Å². The van der Waals surface area contributed by atoms with E-state index < -0.39 is 20.0 Å². The zero-order valence-corrected chi connectivity index (χ0v) is 39.7. The summed E-state index contributed by atoms with van der Waals surface area (Å²) in [6.45, 7) is 4.72. The Morgan fingerprint density at radius 2 is 0.860 bits per heavy atom. The Bertz CT molecular complexity index is 901. The second-order valence-electron chi connectivity index (χ2n) is 18.5. The van der Waals surface area contributed by atoms with E-state index in [0.29, 0.717) is 23.9 Å². The topological polar surface area (TPSA) is 108 Å². The molecule has 0 saturated heterocycles. The minimum Gasteiger partial charge on any atom is -0.756 e. The standard InChI is InChI=1S/C48H99N2O6P/c1-6-8-10-12-14-16-17-18-19-20-21-22-23-24-25-26-27-28-29-30-31-32-34-36-38-40-42-48(52)49-46(45-56-57(53,54)55-44-43-50(3,4)5)47(51)41-39-37-35-33-15-13-11-9-7-2/h46-47,51H,6-45H2,1-5H3,(H-,49,52,53,54). The van der Waals surface area contributed by atoms with Gasteiger partial charge >= 0.3 is 0 Å². The second kappa shape index (κ2) is 40.9. The third kappa shape index (κ3) is 43.4. The van der Waals surface area contributed by atoms with Crippen LogP contribution in [0, 0.1) is 0 Å². The van der Waals surface area contributed by atoms with E-state index in [1.54, 1.807) is 0 Å². The summed E-state index contributed by atoms with van der Waals surface area (Å²) in [7, 11) is 1.32. The van der Waals surface area contributed by atoms with E-state index in [1.807, 2.05) is 21.1 Å². The Balaban J connectivity index is 4.00. The van der Waals surface area contributed by atoms with E-state index in [9.17, 15) is 19.4 Å². The number of amides is 1. The fraction of sp³-hybridized carbons (Fsp3) is 0.979. The first-order chi connectivity index (χ1) is 27.5. The lowest BCUT2D eigenvalue weighted by molar-refractivity contribution is -0.870. The van der Waals surface area contributed by atoms with Crippen molar-refractivity contribution in [3.63, 3.8) is 0 Å². The minimum absolute atomic E-state index is 0.0158. The van der Waals surface area contributed by atoms with Crippen molar-refractivity contribution >= 4 is 13.7 Å². The highest BCUT2D eigenvalue weighted by Crippen LogP contribution is 2.38. The summed E-state index contributed by atoms with van der Waals surface area (Å²) in [4.78, 5) is 25.3. The molecule has 0 rings (SSSR count). The van der Waals surface area contributed by atoms with Gasteiger partial charge in [-0.15, -0.1) is 0 Å². The number of aliphatic hydroxyl groups is 1. The average Bonchev–Trinajstić information content (AvgIpc) is 3.16. The van der Waals surface area contributed by atoms with Crippen molar-refractivity contribution in [3.8, 4) is 0 Å². The molecule has 0 fully saturated rings. The molecule has 1 amide bonds. The van der Waals surface area contributed by atoms with E-state index in [2.05, 4.69) is 19.2 Å². The number of hydrogen-bond donors (Lipinski definition) is 2. The van der Waals surface area contributed by atoms with Gasteiger partial charge in [0.1, 0.15) is 13.2 Å². The molecule has 0 aliphatic carbocycles. The highest BCUT2D eigenvalue weighted by Gasteiger charge is 2.24. The molecule has 3 unspecified atom stereocenters. The fourth-order valence-corrected chi connectivity index (χ4v) is 8.35. The maximum Gasteiger partial charge on any atom is 0.268 e. The Kier molecular flexibility index (Phi) is 40.5. The van der Waals surface area contributed by atoms with Crippen LogP contribution in [0.15, 0.2) is 0 Å². The molecular formula is C48H99N2O6P. The number of likely N-dealkylation sites (N-methyl/N-ethyl adjacent to an activating group) is 1. The van der Waals surface area contributed by atoms with E-state index >= 15 is 0 Å². The second-order valence-corrected chi connectivity index (χ2v) is 19.9. The number of carbonyl (C=O) groups excluding carboxylic acids is 1. The van der Waals surface area contributed by atoms with Crippen LogP contribution in [0.4, 0.5) is 0 Å². The molecule has 0 heterocycles. The molecule has 57 heavy (non-hydrogen) atoms. The van der Waals surface area contributed by atoms with E-state index in [4.69, 9.17) is 9.05 Å². The summed E-state index contributed by atoms with van der Waals surface area (Å²) in [6, 6.07) is -0.792. The van der Waals surface area contributed by atoms with Gasteiger partial charge in [-0.05, 0) is 12.8 Å². The minimum atomic E-state index is -4.55. The zero-order valence-electron chi connectivity index (χ0n) is 38.8. The third-order valence-corrected chi connectivity index (χ3v) is 12.6. The molecule has 0 aromatic rings. The number of hydrogen-bond acceptors (Lipinski definition) is 6. The first-order valence-electron chi connectivity index (χ1n) is 24.9. The van der Waals surface area contributed by atoms with Gasteiger partial charge in [0.15, 0.2) is 0 Å². The predicted molar refractivity (Wildman–Crippen MR) is 243 cm³/mol. The Morgan fingerprint density at radius 1 is 0.544 bits per heavy atom. The number of quaternary nitrogens is 1. The maximum atomic E-state index is 12.9. The lowest BCUT2D eigenvalue weighted by Crippen LogP contribution is -2.46. The summed E-state index contributed by atoms with van der Waals surface area (Å²) < 4.78 is 23.2. The van der Waals surface area contributed by atoms with Gasteiger partial charge in [-0.25, -0.2) is 0 Å². The Morgan fingerprint density at radius 3 is 1.19 bits per heavy atom. The summed E-state index contributed by atoms with van der Waals surface area (Å²) in [5, 5.41) is 13.9. The van der Waals surface area contributed by atoms with Crippen LogP contribution in [-0.4, -0.2) is 68.5 Å². The molecule has 2 N–H and O–H groups in total. The van der Waals surface area contributed by atoms with Gasteiger partial charge in [-0.1, -0.05) is 232 Å². The van der Waals surface area contributed by atoms with Gasteiger partial charge < -0.3 is 28.8 Å². The van der Waals surface area contributed by atoms with Crippen LogP contribution in [0.25, 0.3) is 0 Å². The zero-order chi connectivity index (χ0) is 42.1. The summed E-state index contributed by atoms with van der Waals surface area (Å²) in [5.74, 6) is -0.161. The smallest absolute Gasteiger partial charge is 0.268 e. The molecule has 342 valence electrons. The molecule has 0 aliphatic rings. The molecular weight excluding hydrogens is 732 g/mol. The van der Waals surface area contributed by atoms with Gasteiger partial charge in [0.25, 0.3) is 7.82 Å². The van der Waals surface area contributed by atoms with Crippen LogP contribution in [0.3, 0.4) is 0 Å². The van der Waals surface area contributed by atoms with Gasteiger partial charge in [0.05, 0.1) is 39.9 Å². The van der Waals surface area contributed by atoms with Gasteiger partial charge in [-0.2, -0.15) is 0 Å². The van der Waals surface area contributed by atoms with Crippen LogP contribution in [0.1, 0.15) is 251 Å². The van der Waals surface area contributed by atoms with Crippen molar-refractivity contribution in [2.75, 3.05) is 40.9 Å². The largest absolute Gasteiger partial charge is 0.756 e. The molecule has 0 saturated carbocycles. The predicted octanol–water partition coefficient (Wildman–Crippen LogP) is 13.5. The highest BCUT2D eigenvalue weighted by molar-refractivity contribution is 7.45.